The Morgan fingerprint density at radius 2 is 2.50 bits per heavy atom. The van der Waals surface area contributed by atoms with Gasteiger partial charge in [0, 0.05) is 19.8 Å². The molecule has 0 spiro atoms. The van der Waals surface area contributed by atoms with Gasteiger partial charge in [-0.1, -0.05) is 0 Å². The minimum absolute atomic E-state index is 0.456. The quantitative estimate of drug-likeness (QED) is 0.602. The largest absolute Gasteiger partial charge is 0.357 e. The van der Waals surface area contributed by atoms with Crippen LogP contribution in [-0.4, -0.2) is 17.0 Å². The second kappa shape index (κ2) is 3.12. The molecule has 0 fully saturated rings. The molecule has 4 nitrogen and oxygen atoms in total. The number of nitrogens with two attached hydrogens (primary N) is 1. The number of nitrogens with one attached hydrogen (secondary N) is 1. The van der Waals surface area contributed by atoms with Crippen molar-refractivity contribution in [1.82, 2.24) is 9.97 Å². The molecule has 0 aromatic carbocycles. The maximum atomic E-state index is 5.36. The van der Waals surface area contributed by atoms with E-state index < -0.39 is 0 Å². The smallest absolute Gasteiger partial charge is 0.222 e. The zero-order valence-electron chi connectivity index (χ0n) is 5.83. The van der Waals surface area contributed by atoms with Crippen LogP contribution in [0.3, 0.4) is 0 Å². The standard InChI is InChI=1S/C6H10N4/c1-8-6-9-3-2-5(4-7)10-6/h2-3H,4,7H2,1H3,(H,8,9,10). The molecule has 1 heterocycles. The third kappa shape index (κ3) is 1.41. The predicted octanol–water partition coefficient (Wildman–Crippen LogP) is -0.0230. The van der Waals surface area contributed by atoms with E-state index in [4.69, 9.17) is 5.73 Å². The first-order valence-corrected chi connectivity index (χ1v) is 3.06. The topological polar surface area (TPSA) is 63.8 Å². The van der Waals surface area contributed by atoms with Crippen LogP contribution in [-0.2, 0) is 6.54 Å². The molecule has 54 valence electrons. The van der Waals surface area contributed by atoms with E-state index >= 15 is 0 Å². The number of nitrogens with zero attached hydrogens (tertiary/aromatic N) is 2. The van der Waals surface area contributed by atoms with Crippen molar-refractivity contribution in [3.05, 3.63) is 18.0 Å². The molecule has 1 aromatic rings. The van der Waals surface area contributed by atoms with E-state index in [2.05, 4.69) is 15.3 Å². The first kappa shape index (κ1) is 6.95. The van der Waals surface area contributed by atoms with Gasteiger partial charge in [-0.25, -0.2) is 9.97 Å². The molecule has 0 unspecified atom stereocenters. The Labute approximate surface area is 59.5 Å². The zero-order chi connectivity index (χ0) is 7.40. The first-order valence-electron chi connectivity index (χ1n) is 3.06. The van der Waals surface area contributed by atoms with E-state index in [0.717, 1.165) is 5.69 Å². The minimum Gasteiger partial charge on any atom is -0.357 e. The molecule has 0 aliphatic carbocycles. The summed E-state index contributed by atoms with van der Waals surface area (Å²) >= 11 is 0. The van der Waals surface area contributed by atoms with Crippen LogP contribution in [0.5, 0.6) is 0 Å². The number of rotatable bonds is 2. The summed E-state index contributed by atoms with van der Waals surface area (Å²) in [5, 5.41) is 2.82. The Balaban J connectivity index is 2.87. The molecule has 0 saturated carbocycles. The van der Waals surface area contributed by atoms with Gasteiger partial charge in [0.25, 0.3) is 0 Å². The summed E-state index contributed by atoms with van der Waals surface area (Å²) in [6.45, 7) is 0.456. The molecular weight excluding hydrogens is 128 g/mol. The van der Waals surface area contributed by atoms with Crippen LogP contribution in [0, 0.1) is 0 Å². The van der Waals surface area contributed by atoms with Crippen molar-refractivity contribution >= 4 is 5.95 Å². The molecule has 4 heteroatoms. The van der Waals surface area contributed by atoms with Gasteiger partial charge in [0.1, 0.15) is 0 Å². The molecule has 0 amide bonds. The number of anilines is 1. The molecule has 0 aliphatic rings. The monoisotopic (exact) mass is 138 g/mol. The van der Waals surface area contributed by atoms with E-state index in [0.29, 0.717) is 12.5 Å². The van der Waals surface area contributed by atoms with E-state index in [9.17, 15) is 0 Å². The molecule has 10 heavy (non-hydrogen) atoms. The Morgan fingerprint density at radius 3 is 3.10 bits per heavy atom. The van der Waals surface area contributed by atoms with Gasteiger partial charge in [0.15, 0.2) is 0 Å². The predicted molar refractivity (Wildman–Crippen MR) is 39.5 cm³/mol. The highest BCUT2D eigenvalue weighted by molar-refractivity contribution is 5.23. The van der Waals surface area contributed by atoms with Gasteiger partial charge in [-0.05, 0) is 6.07 Å². The zero-order valence-corrected chi connectivity index (χ0v) is 5.83. The van der Waals surface area contributed by atoms with Gasteiger partial charge in [-0.2, -0.15) is 0 Å². The van der Waals surface area contributed by atoms with Crippen molar-refractivity contribution in [3.63, 3.8) is 0 Å². The molecule has 0 bridgehead atoms. The fraction of sp³-hybridized carbons (Fsp3) is 0.333. The molecule has 0 saturated heterocycles. The van der Waals surface area contributed by atoms with Crippen molar-refractivity contribution in [3.8, 4) is 0 Å². The Morgan fingerprint density at radius 1 is 1.70 bits per heavy atom. The number of aromatic nitrogens is 2. The second-order valence-corrected chi connectivity index (χ2v) is 1.83. The van der Waals surface area contributed by atoms with Gasteiger partial charge in [-0.15, -0.1) is 0 Å². The molecule has 3 N–H and O–H groups in total. The van der Waals surface area contributed by atoms with Crippen molar-refractivity contribution < 1.29 is 0 Å². The van der Waals surface area contributed by atoms with Gasteiger partial charge >= 0.3 is 0 Å². The van der Waals surface area contributed by atoms with Crippen LogP contribution in [0.1, 0.15) is 5.69 Å². The summed E-state index contributed by atoms with van der Waals surface area (Å²) in [6, 6.07) is 1.79. The summed E-state index contributed by atoms with van der Waals surface area (Å²) in [5.74, 6) is 0.614. The van der Waals surface area contributed by atoms with Crippen LogP contribution < -0.4 is 11.1 Å². The fourth-order valence-corrected chi connectivity index (χ4v) is 0.630. The maximum Gasteiger partial charge on any atom is 0.222 e. The third-order valence-electron chi connectivity index (χ3n) is 1.15. The highest BCUT2D eigenvalue weighted by Gasteiger charge is 1.92. The van der Waals surface area contributed by atoms with E-state index in [1.54, 1.807) is 19.3 Å². The Hall–Kier alpha value is -1.16. The van der Waals surface area contributed by atoms with Crippen LogP contribution in [0.15, 0.2) is 12.3 Å². The van der Waals surface area contributed by atoms with Crippen molar-refractivity contribution in [2.75, 3.05) is 12.4 Å². The third-order valence-corrected chi connectivity index (χ3v) is 1.15. The Bertz CT molecular complexity index is 191. The molecule has 0 radical (unpaired) electrons. The lowest BCUT2D eigenvalue weighted by atomic mass is 10.4. The SMILES string of the molecule is CNc1nccc(CN)n1. The minimum atomic E-state index is 0.456. The summed E-state index contributed by atoms with van der Waals surface area (Å²) in [4.78, 5) is 7.99. The normalized spacial score (nSPS) is 9.40. The lowest BCUT2D eigenvalue weighted by Crippen LogP contribution is -2.03. The average Bonchev–Trinajstić information content (AvgIpc) is 2.05. The summed E-state index contributed by atoms with van der Waals surface area (Å²) < 4.78 is 0. The van der Waals surface area contributed by atoms with Gasteiger partial charge in [-0.3, -0.25) is 0 Å². The number of hydrogen-bond acceptors (Lipinski definition) is 4. The molecule has 0 aliphatic heterocycles. The molecule has 1 rings (SSSR count). The lowest BCUT2D eigenvalue weighted by Gasteiger charge is -1.98. The Kier molecular flexibility index (Phi) is 2.17. The highest BCUT2D eigenvalue weighted by Crippen LogP contribution is 1.96. The van der Waals surface area contributed by atoms with Crippen LogP contribution >= 0.6 is 0 Å². The summed E-state index contributed by atoms with van der Waals surface area (Å²) in [6.07, 6.45) is 1.68. The number of hydrogen-bond donors (Lipinski definition) is 2. The van der Waals surface area contributed by atoms with Crippen LogP contribution in [0.25, 0.3) is 0 Å². The second-order valence-electron chi connectivity index (χ2n) is 1.83. The summed E-state index contributed by atoms with van der Waals surface area (Å²) in [5.41, 5.74) is 6.20. The van der Waals surface area contributed by atoms with Crippen molar-refractivity contribution in [2.24, 2.45) is 5.73 Å². The van der Waals surface area contributed by atoms with E-state index in [1.807, 2.05) is 0 Å². The molecule has 0 atom stereocenters. The molecule has 1 aromatic heterocycles. The first-order chi connectivity index (χ1) is 4.86. The lowest BCUT2D eigenvalue weighted by molar-refractivity contribution is 0.966. The van der Waals surface area contributed by atoms with Crippen molar-refractivity contribution in [1.29, 1.82) is 0 Å². The highest BCUT2D eigenvalue weighted by atomic mass is 15.1. The average molecular weight is 138 g/mol. The van der Waals surface area contributed by atoms with Gasteiger partial charge in [0.05, 0.1) is 5.69 Å². The van der Waals surface area contributed by atoms with Crippen LogP contribution in [0.4, 0.5) is 5.95 Å². The fourth-order valence-electron chi connectivity index (χ4n) is 0.630. The van der Waals surface area contributed by atoms with E-state index in [-0.39, 0.29) is 0 Å². The van der Waals surface area contributed by atoms with Gasteiger partial charge < -0.3 is 11.1 Å². The van der Waals surface area contributed by atoms with Gasteiger partial charge in [0.2, 0.25) is 5.95 Å². The molecular formula is C6H10N4. The summed E-state index contributed by atoms with van der Waals surface area (Å²) in [7, 11) is 1.77. The van der Waals surface area contributed by atoms with Crippen LogP contribution in [0.2, 0.25) is 0 Å². The van der Waals surface area contributed by atoms with E-state index in [1.165, 1.54) is 0 Å². The van der Waals surface area contributed by atoms with Crippen molar-refractivity contribution in [2.45, 2.75) is 6.54 Å². The maximum absolute atomic E-state index is 5.36.